The molecule has 1 fully saturated rings. The van der Waals surface area contributed by atoms with Gasteiger partial charge < -0.3 is 15.2 Å². The average Bonchev–Trinajstić information content (AvgIpc) is 2.57. The van der Waals surface area contributed by atoms with Gasteiger partial charge in [-0.1, -0.05) is 30.3 Å². The SMILES string of the molecule is O=C(O)CC1C(=O)NCCN1S(=O)(=O)CCCOCc1ccccc1. The van der Waals surface area contributed by atoms with E-state index in [1.807, 2.05) is 30.3 Å². The maximum absolute atomic E-state index is 12.5. The minimum atomic E-state index is -3.73. The number of piperazine rings is 1. The van der Waals surface area contributed by atoms with Crippen LogP contribution in [0.25, 0.3) is 0 Å². The van der Waals surface area contributed by atoms with Gasteiger partial charge in [-0.15, -0.1) is 0 Å². The number of carbonyl (C=O) groups is 2. The van der Waals surface area contributed by atoms with E-state index in [0.29, 0.717) is 6.61 Å². The molecule has 9 heteroatoms. The lowest BCUT2D eigenvalue weighted by atomic mass is 10.1. The Labute approximate surface area is 146 Å². The number of carboxylic acid groups (broad SMARTS) is 1. The summed E-state index contributed by atoms with van der Waals surface area (Å²) < 4.78 is 31.4. The van der Waals surface area contributed by atoms with Gasteiger partial charge in [0.25, 0.3) is 0 Å². The zero-order valence-electron chi connectivity index (χ0n) is 13.8. The first-order valence-corrected chi connectivity index (χ1v) is 9.62. The maximum atomic E-state index is 12.5. The lowest BCUT2D eigenvalue weighted by Crippen LogP contribution is -2.58. The van der Waals surface area contributed by atoms with E-state index < -0.39 is 34.4 Å². The number of ether oxygens (including phenoxy) is 1. The summed E-state index contributed by atoms with van der Waals surface area (Å²) in [4.78, 5) is 22.7. The molecule has 0 spiro atoms. The summed E-state index contributed by atoms with van der Waals surface area (Å²) in [5, 5.41) is 11.4. The predicted molar refractivity (Wildman–Crippen MR) is 90.3 cm³/mol. The number of sulfonamides is 1. The van der Waals surface area contributed by atoms with Crippen LogP contribution in [0, 0.1) is 0 Å². The number of nitrogens with zero attached hydrogens (tertiary/aromatic N) is 1. The van der Waals surface area contributed by atoms with Crippen molar-refractivity contribution in [2.45, 2.75) is 25.5 Å². The molecule has 138 valence electrons. The predicted octanol–water partition coefficient (Wildman–Crippen LogP) is 0.198. The summed E-state index contributed by atoms with van der Waals surface area (Å²) in [6, 6.07) is 8.33. The fourth-order valence-corrected chi connectivity index (χ4v) is 4.26. The molecule has 0 saturated carbocycles. The normalized spacial score (nSPS) is 18.7. The van der Waals surface area contributed by atoms with Crippen LogP contribution in [-0.4, -0.2) is 61.2 Å². The van der Waals surface area contributed by atoms with E-state index >= 15 is 0 Å². The molecule has 1 heterocycles. The van der Waals surface area contributed by atoms with E-state index in [4.69, 9.17) is 9.84 Å². The van der Waals surface area contributed by atoms with Crippen molar-refractivity contribution in [2.75, 3.05) is 25.4 Å². The van der Waals surface area contributed by atoms with Gasteiger partial charge in [-0.3, -0.25) is 9.59 Å². The first-order valence-electron chi connectivity index (χ1n) is 8.01. The molecule has 2 rings (SSSR count). The minimum absolute atomic E-state index is 0.0803. The van der Waals surface area contributed by atoms with Crippen LogP contribution in [0.4, 0.5) is 0 Å². The molecule has 25 heavy (non-hydrogen) atoms. The largest absolute Gasteiger partial charge is 0.481 e. The van der Waals surface area contributed by atoms with Crippen molar-refractivity contribution in [1.29, 1.82) is 0 Å². The highest BCUT2D eigenvalue weighted by atomic mass is 32.2. The Morgan fingerprint density at radius 2 is 2.04 bits per heavy atom. The zero-order valence-corrected chi connectivity index (χ0v) is 14.6. The van der Waals surface area contributed by atoms with Crippen molar-refractivity contribution >= 4 is 21.9 Å². The van der Waals surface area contributed by atoms with Crippen molar-refractivity contribution in [3.8, 4) is 0 Å². The highest BCUT2D eigenvalue weighted by Crippen LogP contribution is 2.15. The molecule has 2 N–H and O–H groups in total. The molecule has 1 atom stereocenters. The fourth-order valence-electron chi connectivity index (χ4n) is 2.61. The Kier molecular flexibility index (Phi) is 6.91. The standard InChI is InChI=1S/C16H22N2O6S/c19-15(20)11-14-16(21)17-7-8-18(14)25(22,23)10-4-9-24-12-13-5-2-1-3-6-13/h1-3,5-6,14H,4,7-12H2,(H,17,21)(H,19,20). The van der Waals surface area contributed by atoms with Crippen molar-refractivity contribution in [2.24, 2.45) is 0 Å². The Morgan fingerprint density at radius 3 is 2.72 bits per heavy atom. The first kappa shape index (κ1) is 19.4. The number of rotatable bonds is 9. The van der Waals surface area contributed by atoms with Crippen LogP contribution in [0.2, 0.25) is 0 Å². The summed E-state index contributed by atoms with van der Waals surface area (Å²) in [7, 11) is -3.73. The third kappa shape index (κ3) is 5.80. The van der Waals surface area contributed by atoms with E-state index in [2.05, 4.69) is 5.32 Å². The number of aliphatic carboxylic acids is 1. The van der Waals surface area contributed by atoms with Crippen LogP contribution in [0.1, 0.15) is 18.4 Å². The van der Waals surface area contributed by atoms with Crippen LogP contribution >= 0.6 is 0 Å². The third-order valence-electron chi connectivity index (χ3n) is 3.81. The van der Waals surface area contributed by atoms with Crippen LogP contribution in [0.15, 0.2) is 30.3 Å². The summed E-state index contributed by atoms with van der Waals surface area (Å²) in [5.41, 5.74) is 1.000. The second kappa shape index (κ2) is 8.93. The average molecular weight is 370 g/mol. The van der Waals surface area contributed by atoms with E-state index in [1.165, 1.54) is 0 Å². The van der Waals surface area contributed by atoms with Crippen LogP contribution in [0.3, 0.4) is 0 Å². The van der Waals surface area contributed by atoms with Crippen molar-refractivity contribution in [3.05, 3.63) is 35.9 Å². The Balaban J connectivity index is 1.84. The number of hydrogen-bond acceptors (Lipinski definition) is 5. The molecular formula is C16H22N2O6S. The fraction of sp³-hybridized carbons (Fsp3) is 0.500. The van der Waals surface area contributed by atoms with Crippen LogP contribution in [0.5, 0.6) is 0 Å². The Morgan fingerprint density at radius 1 is 1.32 bits per heavy atom. The highest BCUT2D eigenvalue weighted by Gasteiger charge is 2.38. The van der Waals surface area contributed by atoms with E-state index in [0.717, 1.165) is 9.87 Å². The summed E-state index contributed by atoms with van der Waals surface area (Å²) in [6.07, 6.45) is -0.275. The lowest BCUT2D eigenvalue weighted by Gasteiger charge is -2.33. The Hall–Kier alpha value is -1.97. The van der Waals surface area contributed by atoms with Crippen molar-refractivity contribution < 1.29 is 27.9 Å². The molecule has 1 aliphatic heterocycles. The molecule has 1 unspecified atom stereocenters. The second-order valence-corrected chi connectivity index (χ2v) is 7.76. The summed E-state index contributed by atoms with van der Waals surface area (Å²) >= 11 is 0. The van der Waals surface area contributed by atoms with Crippen molar-refractivity contribution in [1.82, 2.24) is 9.62 Å². The number of carbonyl (C=O) groups excluding carboxylic acids is 1. The molecule has 0 aromatic heterocycles. The smallest absolute Gasteiger partial charge is 0.305 e. The summed E-state index contributed by atoms with van der Waals surface area (Å²) in [5.74, 6) is -1.98. The van der Waals surface area contributed by atoms with Gasteiger partial charge >= 0.3 is 5.97 Å². The van der Waals surface area contributed by atoms with Gasteiger partial charge in [-0.2, -0.15) is 4.31 Å². The lowest BCUT2D eigenvalue weighted by molar-refractivity contribution is -0.141. The van der Waals surface area contributed by atoms with Crippen LogP contribution in [-0.2, 0) is 31.0 Å². The molecular weight excluding hydrogens is 348 g/mol. The molecule has 1 amide bonds. The molecule has 1 aromatic rings. The van der Waals surface area contributed by atoms with E-state index in [-0.39, 0.29) is 31.9 Å². The molecule has 1 aliphatic rings. The molecule has 0 aliphatic carbocycles. The number of carboxylic acids is 1. The van der Waals surface area contributed by atoms with Gasteiger partial charge in [0.15, 0.2) is 0 Å². The van der Waals surface area contributed by atoms with E-state index in [1.54, 1.807) is 0 Å². The van der Waals surface area contributed by atoms with Gasteiger partial charge in [0, 0.05) is 19.7 Å². The Bertz CT molecular complexity index is 692. The van der Waals surface area contributed by atoms with Gasteiger partial charge in [0.2, 0.25) is 15.9 Å². The topological polar surface area (TPSA) is 113 Å². The number of amides is 1. The van der Waals surface area contributed by atoms with Gasteiger partial charge in [-0.25, -0.2) is 8.42 Å². The quantitative estimate of drug-likeness (QED) is 0.601. The number of hydrogen-bond donors (Lipinski definition) is 2. The molecule has 1 aromatic carbocycles. The number of nitrogens with one attached hydrogen (secondary N) is 1. The van der Waals surface area contributed by atoms with Crippen LogP contribution < -0.4 is 5.32 Å². The third-order valence-corrected chi connectivity index (χ3v) is 5.77. The highest BCUT2D eigenvalue weighted by molar-refractivity contribution is 7.89. The molecule has 8 nitrogen and oxygen atoms in total. The maximum Gasteiger partial charge on any atom is 0.305 e. The van der Waals surface area contributed by atoms with Crippen molar-refractivity contribution in [3.63, 3.8) is 0 Å². The second-order valence-electron chi connectivity index (χ2n) is 5.72. The van der Waals surface area contributed by atoms with Gasteiger partial charge in [0.05, 0.1) is 18.8 Å². The van der Waals surface area contributed by atoms with E-state index in [9.17, 15) is 18.0 Å². The molecule has 0 bridgehead atoms. The summed E-state index contributed by atoms with van der Waals surface area (Å²) in [6.45, 7) is 0.919. The monoisotopic (exact) mass is 370 g/mol. The minimum Gasteiger partial charge on any atom is -0.481 e. The molecule has 0 radical (unpaired) electrons. The van der Waals surface area contributed by atoms with Gasteiger partial charge in [0.1, 0.15) is 6.04 Å². The molecule has 1 saturated heterocycles. The zero-order chi connectivity index (χ0) is 18.3. The number of benzene rings is 1. The van der Waals surface area contributed by atoms with Gasteiger partial charge in [-0.05, 0) is 12.0 Å². The first-order chi connectivity index (χ1) is 11.9.